The Morgan fingerprint density at radius 3 is 2.42 bits per heavy atom. The molecule has 1 heterocycles. The molecule has 0 aromatic carbocycles. The number of nitrogens with one attached hydrogen (secondary N) is 3. The molecule has 8 heteroatoms. The van der Waals surface area contributed by atoms with Crippen LogP contribution in [-0.2, 0) is 9.53 Å². The van der Waals surface area contributed by atoms with Crippen LogP contribution in [0, 0.1) is 5.92 Å². The van der Waals surface area contributed by atoms with E-state index in [0.717, 1.165) is 39.3 Å². The lowest BCUT2D eigenvalue weighted by atomic mass is 9.97. The molecule has 0 aromatic rings. The van der Waals surface area contributed by atoms with Crippen LogP contribution < -0.4 is 16.0 Å². The molecule has 0 aliphatic carbocycles. The van der Waals surface area contributed by atoms with Gasteiger partial charge >= 0.3 is 0 Å². The number of ether oxygens (including phenoxy) is 1. The fourth-order valence-corrected chi connectivity index (χ4v) is 2.83. The van der Waals surface area contributed by atoms with Crippen LogP contribution in [-0.4, -0.2) is 75.3 Å². The number of methoxy groups -OCH3 is 1. The highest BCUT2D eigenvalue weighted by atomic mass is 127. The summed E-state index contributed by atoms with van der Waals surface area (Å²) in [5, 5.41) is 9.52. The number of nitrogens with zero attached hydrogens (tertiary/aromatic N) is 2. The average Bonchev–Trinajstić information content (AvgIpc) is 2.55. The van der Waals surface area contributed by atoms with Gasteiger partial charge in [-0.2, -0.15) is 0 Å². The Balaban J connectivity index is 0.00000625. The highest BCUT2D eigenvalue weighted by Gasteiger charge is 2.19. The van der Waals surface area contributed by atoms with Crippen LogP contribution in [0.15, 0.2) is 4.99 Å². The number of carbonyl (C=O) groups is 1. The summed E-state index contributed by atoms with van der Waals surface area (Å²) >= 11 is 0. The molecule has 1 aliphatic rings. The van der Waals surface area contributed by atoms with Crippen molar-refractivity contribution in [2.45, 2.75) is 46.1 Å². The Morgan fingerprint density at radius 2 is 1.88 bits per heavy atom. The Labute approximate surface area is 176 Å². The van der Waals surface area contributed by atoms with E-state index < -0.39 is 0 Å². The molecule has 0 saturated carbocycles. The van der Waals surface area contributed by atoms with E-state index in [1.807, 2.05) is 27.7 Å². The van der Waals surface area contributed by atoms with Crippen molar-refractivity contribution in [2.24, 2.45) is 10.9 Å². The third-order valence-electron chi connectivity index (χ3n) is 4.12. The highest BCUT2D eigenvalue weighted by molar-refractivity contribution is 14.0. The summed E-state index contributed by atoms with van der Waals surface area (Å²) in [6, 6.07) is 0. The minimum absolute atomic E-state index is 0. The van der Waals surface area contributed by atoms with E-state index in [-0.39, 0.29) is 42.0 Å². The first-order chi connectivity index (χ1) is 11.8. The van der Waals surface area contributed by atoms with Crippen LogP contribution in [0.5, 0.6) is 0 Å². The van der Waals surface area contributed by atoms with E-state index >= 15 is 0 Å². The van der Waals surface area contributed by atoms with Crippen LogP contribution in [0.3, 0.4) is 0 Å². The molecule has 1 rings (SSSR count). The molecule has 154 valence electrons. The first kappa shape index (κ1) is 25.4. The van der Waals surface area contributed by atoms with Gasteiger partial charge in [-0.15, -0.1) is 24.0 Å². The molecular formula is C18H38IN5O2. The molecule has 1 amide bonds. The van der Waals surface area contributed by atoms with Crippen molar-refractivity contribution in [2.75, 3.05) is 53.0 Å². The number of guanidine groups is 1. The summed E-state index contributed by atoms with van der Waals surface area (Å²) < 4.78 is 5.14. The van der Waals surface area contributed by atoms with Crippen molar-refractivity contribution < 1.29 is 9.53 Å². The zero-order valence-corrected chi connectivity index (χ0v) is 19.4. The lowest BCUT2D eigenvalue weighted by Crippen LogP contribution is -2.45. The summed E-state index contributed by atoms with van der Waals surface area (Å²) in [6.07, 6.45) is 2.36. The van der Waals surface area contributed by atoms with Crippen molar-refractivity contribution in [3.63, 3.8) is 0 Å². The number of aliphatic imine (C=N–C) groups is 1. The quantitative estimate of drug-likeness (QED) is 0.277. The van der Waals surface area contributed by atoms with Gasteiger partial charge in [-0.05, 0) is 59.5 Å². The van der Waals surface area contributed by atoms with E-state index in [2.05, 4.69) is 25.8 Å². The number of likely N-dealkylation sites (tertiary alicyclic amines) is 1. The van der Waals surface area contributed by atoms with Gasteiger partial charge in [-0.25, -0.2) is 4.99 Å². The lowest BCUT2D eigenvalue weighted by Gasteiger charge is -2.32. The van der Waals surface area contributed by atoms with Gasteiger partial charge in [0.05, 0.1) is 6.61 Å². The number of rotatable bonds is 8. The molecule has 1 aliphatic heterocycles. The van der Waals surface area contributed by atoms with E-state index in [1.165, 1.54) is 12.8 Å². The zero-order valence-electron chi connectivity index (χ0n) is 17.1. The van der Waals surface area contributed by atoms with Gasteiger partial charge in [0.25, 0.3) is 0 Å². The zero-order chi connectivity index (χ0) is 18.7. The number of piperidine rings is 1. The van der Waals surface area contributed by atoms with Crippen LogP contribution in [0.2, 0.25) is 0 Å². The molecule has 0 spiro atoms. The van der Waals surface area contributed by atoms with Crippen LogP contribution >= 0.6 is 24.0 Å². The fraction of sp³-hybridized carbons (Fsp3) is 0.889. The van der Waals surface area contributed by atoms with E-state index in [0.29, 0.717) is 11.9 Å². The van der Waals surface area contributed by atoms with Gasteiger partial charge in [-0.3, -0.25) is 4.79 Å². The molecule has 0 unspecified atom stereocenters. The first-order valence-electron chi connectivity index (χ1n) is 9.38. The van der Waals surface area contributed by atoms with E-state index in [4.69, 9.17) is 4.74 Å². The van der Waals surface area contributed by atoms with Gasteiger partial charge in [0.1, 0.15) is 6.54 Å². The number of amides is 1. The molecule has 0 bridgehead atoms. The molecule has 3 N–H and O–H groups in total. The van der Waals surface area contributed by atoms with Crippen molar-refractivity contribution >= 4 is 35.8 Å². The second-order valence-electron chi connectivity index (χ2n) is 7.65. The van der Waals surface area contributed by atoms with E-state index in [9.17, 15) is 4.79 Å². The van der Waals surface area contributed by atoms with Crippen LogP contribution in [0.25, 0.3) is 0 Å². The third kappa shape index (κ3) is 11.9. The van der Waals surface area contributed by atoms with Gasteiger partial charge in [-0.1, -0.05) is 0 Å². The van der Waals surface area contributed by atoms with Gasteiger partial charge in [0, 0.05) is 32.3 Å². The molecule has 7 nitrogen and oxygen atoms in total. The number of halogens is 1. The lowest BCUT2D eigenvalue weighted by molar-refractivity contribution is -0.121. The number of hydrogen-bond donors (Lipinski definition) is 3. The molecule has 0 atom stereocenters. The van der Waals surface area contributed by atoms with Gasteiger partial charge in [0.15, 0.2) is 5.96 Å². The Kier molecular flexibility index (Phi) is 13.2. The average molecular weight is 483 g/mol. The Morgan fingerprint density at radius 1 is 1.23 bits per heavy atom. The second kappa shape index (κ2) is 13.5. The van der Waals surface area contributed by atoms with Gasteiger partial charge in [0.2, 0.25) is 5.91 Å². The van der Waals surface area contributed by atoms with Crippen LogP contribution in [0.4, 0.5) is 0 Å². The molecular weight excluding hydrogens is 445 g/mol. The maximum Gasteiger partial charge on any atom is 0.242 e. The van der Waals surface area contributed by atoms with Gasteiger partial charge < -0.3 is 25.6 Å². The highest BCUT2D eigenvalue weighted by Crippen LogP contribution is 2.15. The van der Waals surface area contributed by atoms with Crippen molar-refractivity contribution in [1.82, 2.24) is 20.9 Å². The maximum absolute atomic E-state index is 11.9. The monoisotopic (exact) mass is 483 g/mol. The summed E-state index contributed by atoms with van der Waals surface area (Å²) in [6.45, 7) is 13.8. The summed E-state index contributed by atoms with van der Waals surface area (Å²) in [7, 11) is 1.75. The molecule has 0 aromatic heterocycles. The molecule has 1 saturated heterocycles. The molecule has 1 fully saturated rings. The normalized spacial score (nSPS) is 16.7. The standard InChI is InChI=1S/C18H37N5O2.HI/c1-6-19-17(21-14-16(24)22-18(2,3)4)20-13-15-7-9-23(10-8-15)11-12-25-5;/h15H,6-14H2,1-5H3,(H,22,24)(H2,19,20,21);1H. The summed E-state index contributed by atoms with van der Waals surface area (Å²) in [4.78, 5) is 18.8. The predicted octanol–water partition coefficient (Wildman–Crippen LogP) is 1.43. The number of carbonyl (C=O) groups excluding carboxylic acids is 1. The van der Waals surface area contributed by atoms with Crippen molar-refractivity contribution in [1.29, 1.82) is 0 Å². The summed E-state index contributed by atoms with van der Waals surface area (Å²) in [5.41, 5.74) is -0.227. The minimum atomic E-state index is -0.227. The Hall–Kier alpha value is -0.610. The Bertz CT molecular complexity index is 418. The fourth-order valence-electron chi connectivity index (χ4n) is 2.83. The molecule has 26 heavy (non-hydrogen) atoms. The first-order valence-corrected chi connectivity index (χ1v) is 9.38. The van der Waals surface area contributed by atoms with E-state index in [1.54, 1.807) is 7.11 Å². The maximum atomic E-state index is 11.9. The van der Waals surface area contributed by atoms with Crippen LogP contribution in [0.1, 0.15) is 40.5 Å². The topological polar surface area (TPSA) is 78.0 Å². The summed E-state index contributed by atoms with van der Waals surface area (Å²) in [5.74, 6) is 1.30. The minimum Gasteiger partial charge on any atom is -0.383 e. The second-order valence-corrected chi connectivity index (χ2v) is 7.65. The number of hydrogen-bond acceptors (Lipinski definition) is 4. The third-order valence-corrected chi connectivity index (χ3v) is 4.12. The van der Waals surface area contributed by atoms with Crippen molar-refractivity contribution in [3.8, 4) is 0 Å². The SMILES string of the molecule is CCNC(=NCC(=O)NC(C)(C)C)NCC1CCN(CCOC)CC1.I. The predicted molar refractivity (Wildman–Crippen MR) is 118 cm³/mol. The van der Waals surface area contributed by atoms with Crippen molar-refractivity contribution in [3.05, 3.63) is 0 Å². The largest absolute Gasteiger partial charge is 0.383 e. The molecule has 0 radical (unpaired) electrons. The smallest absolute Gasteiger partial charge is 0.242 e.